The van der Waals surface area contributed by atoms with E-state index in [1.807, 2.05) is 12.1 Å². The van der Waals surface area contributed by atoms with Gasteiger partial charge in [-0.3, -0.25) is 0 Å². The molecule has 0 radical (unpaired) electrons. The maximum Gasteiger partial charge on any atom is 0.249 e. The molecule has 0 unspecified atom stereocenters. The van der Waals surface area contributed by atoms with E-state index in [1.165, 1.54) is 5.56 Å². The van der Waals surface area contributed by atoms with Crippen molar-refractivity contribution in [3.8, 4) is 0 Å². The number of rotatable bonds is 5. The van der Waals surface area contributed by atoms with Crippen LogP contribution in [0.3, 0.4) is 0 Å². The lowest BCUT2D eigenvalue weighted by Gasteiger charge is -2.09. The molecule has 0 fully saturated rings. The van der Waals surface area contributed by atoms with E-state index in [1.54, 1.807) is 24.4 Å². The lowest BCUT2D eigenvalue weighted by atomic mass is 10.1. The Hall–Kier alpha value is -2.37. The van der Waals surface area contributed by atoms with Crippen molar-refractivity contribution in [1.82, 2.24) is 15.2 Å². The standard InChI is InChI=1S/C17H15Cl2N5/c1-2-11-3-6-13(7-4-11)21-16-10-20-24-17(23-16)22-15-8-5-12(18)9-14(15)19/h3-10H,2H2,1H3,(H2,21,22,23,24). The van der Waals surface area contributed by atoms with Crippen molar-refractivity contribution in [3.05, 3.63) is 64.3 Å². The van der Waals surface area contributed by atoms with Gasteiger partial charge in [0.1, 0.15) is 0 Å². The van der Waals surface area contributed by atoms with E-state index in [9.17, 15) is 0 Å². The Morgan fingerprint density at radius 3 is 2.50 bits per heavy atom. The van der Waals surface area contributed by atoms with E-state index in [2.05, 4.69) is 44.9 Å². The molecule has 5 nitrogen and oxygen atoms in total. The third kappa shape index (κ3) is 4.13. The van der Waals surface area contributed by atoms with Gasteiger partial charge >= 0.3 is 0 Å². The lowest BCUT2D eigenvalue weighted by Crippen LogP contribution is -2.02. The van der Waals surface area contributed by atoms with E-state index < -0.39 is 0 Å². The highest BCUT2D eigenvalue weighted by molar-refractivity contribution is 6.36. The molecule has 2 N–H and O–H groups in total. The molecule has 1 aromatic heterocycles. The predicted octanol–water partition coefficient (Wildman–Crippen LogP) is 5.23. The second kappa shape index (κ2) is 7.47. The van der Waals surface area contributed by atoms with Crippen LogP contribution in [-0.2, 0) is 6.42 Å². The van der Waals surface area contributed by atoms with E-state index in [-0.39, 0.29) is 0 Å². The van der Waals surface area contributed by atoms with Gasteiger partial charge in [0.25, 0.3) is 0 Å². The SMILES string of the molecule is CCc1ccc(Nc2cnnc(Nc3ccc(Cl)cc3Cl)n2)cc1. The third-order valence-electron chi connectivity index (χ3n) is 3.37. The van der Waals surface area contributed by atoms with Crippen molar-refractivity contribution < 1.29 is 0 Å². The highest BCUT2D eigenvalue weighted by Crippen LogP contribution is 2.27. The van der Waals surface area contributed by atoms with Crippen LogP contribution in [0.5, 0.6) is 0 Å². The minimum absolute atomic E-state index is 0.342. The first-order valence-corrected chi connectivity index (χ1v) is 8.17. The van der Waals surface area contributed by atoms with Crippen molar-refractivity contribution in [1.29, 1.82) is 0 Å². The van der Waals surface area contributed by atoms with Crippen LogP contribution in [0.4, 0.5) is 23.1 Å². The fraction of sp³-hybridized carbons (Fsp3) is 0.118. The summed E-state index contributed by atoms with van der Waals surface area (Å²) in [5.74, 6) is 0.927. The molecule has 3 rings (SSSR count). The van der Waals surface area contributed by atoms with Crippen molar-refractivity contribution in [2.24, 2.45) is 0 Å². The molecule has 122 valence electrons. The zero-order chi connectivity index (χ0) is 16.9. The quantitative estimate of drug-likeness (QED) is 0.653. The summed E-state index contributed by atoms with van der Waals surface area (Å²) in [6, 6.07) is 13.3. The summed E-state index contributed by atoms with van der Waals surface area (Å²) in [6.07, 6.45) is 2.56. The van der Waals surface area contributed by atoms with E-state index >= 15 is 0 Å². The Kier molecular flexibility index (Phi) is 5.13. The molecule has 24 heavy (non-hydrogen) atoms. The van der Waals surface area contributed by atoms with Crippen LogP contribution < -0.4 is 10.6 Å². The van der Waals surface area contributed by atoms with Gasteiger partial charge in [0.05, 0.1) is 16.9 Å². The number of nitrogens with one attached hydrogen (secondary N) is 2. The maximum atomic E-state index is 6.14. The van der Waals surface area contributed by atoms with Gasteiger partial charge in [-0.1, -0.05) is 42.3 Å². The van der Waals surface area contributed by atoms with Crippen molar-refractivity contribution >= 4 is 46.3 Å². The van der Waals surface area contributed by atoms with Gasteiger partial charge in [-0.15, -0.1) is 5.10 Å². The van der Waals surface area contributed by atoms with E-state index in [4.69, 9.17) is 23.2 Å². The Morgan fingerprint density at radius 2 is 1.79 bits per heavy atom. The fourth-order valence-corrected chi connectivity index (χ4v) is 2.56. The highest BCUT2D eigenvalue weighted by atomic mass is 35.5. The molecule has 0 spiro atoms. The molecule has 0 amide bonds. The van der Waals surface area contributed by atoms with Crippen LogP contribution in [-0.4, -0.2) is 15.2 Å². The number of halogens is 2. The number of benzene rings is 2. The van der Waals surface area contributed by atoms with Gasteiger partial charge < -0.3 is 10.6 Å². The summed E-state index contributed by atoms with van der Waals surface area (Å²) in [5, 5.41) is 15.2. The molecule has 0 atom stereocenters. The first kappa shape index (κ1) is 16.5. The van der Waals surface area contributed by atoms with Crippen LogP contribution >= 0.6 is 23.2 Å². The van der Waals surface area contributed by atoms with Crippen LogP contribution in [0.2, 0.25) is 10.0 Å². The number of aromatic nitrogens is 3. The zero-order valence-electron chi connectivity index (χ0n) is 12.9. The Morgan fingerprint density at radius 1 is 1.00 bits per heavy atom. The summed E-state index contributed by atoms with van der Waals surface area (Å²) < 4.78 is 0. The molecule has 1 heterocycles. The molecule has 7 heteroatoms. The predicted molar refractivity (Wildman–Crippen MR) is 98.7 cm³/mol. The van der Waals surface area contributed by atoms with Gasteiger partial charge in [-0.25, -0.2) is 0 Å². The minimum atomic E-state index is 0.342. The monoisotopic (exact) mass is 359 g/mol. The second-order valence-corrected chi connectivity index (χ2v) is 5.93. The molecule has 0 aliphatic heterocycles. The zero-order valence-corrected chi connectivity index (χ0v) is 14.4. The summed E-state index contributed by atoms with van der Waals surface area (Å²) in [4.78, 5) is 4.38. The normalized spacial score (nSPS) is 10.5. The number of nitrogens with zero attached hydrogens (tertiary/aromatic N) is 3. The average molecular weight is 360 g/mol. The highest BCUT2D eigenvalue weighted by Gasteiger charge is 2.06. The maximum absolute atomic E-state index is 6.14. The smallest absolute Gasteiger partial charge is 0.249 e. The molecule has 3 aromatic rings. The molecular formula is C17H15Cl2N5. The van der Waals surface area contributed by atoms with Crippen molar-refractivity contribution in [3.63, 3.8) is 0 Å². The van der Waals surface area contributed by atoms with Crippen LogP contribution in [0.25, 0.3) is 0 Å². The summed E-state index contributed by atoms with van der Waals surface area (Å²) in [7, 11) is 0. The summed E-state index contributed by atoms with van der Waals surface area (Å²) in [6.45, 7) is 2.12. The van der Waals surface area contributed by atoms with Crippen LogP contribution in [0.1, 0.15) is 12.5 Å². The van der Waals surface area contributed by atoms with Crippen molar-refractivity contribution in [2.45, 2.75) is 13.3 Å². The van der Waals surface area contributed by atoms with Crippen LogP contribution in [0.15, 0.2) is 48.7 Å². The topological polar surface area (TPSA) is 62.7 Å². The fourth-order valence-electron chi connectivity index (χ4n) is 2.10. The lowest BCUT2D eigenvalue weighted by molar-refractivity contribution is 0.982. The van der Waals surface area contributed by atoms with Gasteiger partial charge in [0.15, 0.2) is 5.82 Å². The Labute approximate surface area is 150 Å². The largest absolute Gasteiger partial charge is 0.339 e. The van der Waals surface area contributed by atoms with E-state index in [0.29, 0.717) is 27.5 Å². The minimum Gasteiger partial charge on any atom is -0.339 e. The number of anilines is 4. The third-order valence-corrected chi connectivity index (χ3v) is 3.92. The van der Waals surface area contributed by atoms with Gasteiger partial charge in [-0.2, -0.15) is 10.1 Å². The number of hydrogen-bond acceptors (Lipinski definition) is 5. The van der Waals surface area contributed by atoms with Crippen LogP contribution in [0, 0.1) is 0 Å². The van der Waals surface area contributed by atoms with Gasteiger partial charge in [-0.05, 0) is 42.3 Å². The first-order valence-electron chi connectivity index (χ1n) is 7.42. The number of hydrogen-bond donors (Lipinski definition) is 2. The Balaban J connectivity index is 1.75. The summed E-state index contributed by atoms with van der Waals surface area (Å²) in [5.41, 5.74) is 2.87. The molecule has 0 saturated carbocycles. The van der Waals surface area contributed by atoms with Gasteiger partial charge in [0.2, 0.25) is 5.95 Å². The van der Waals surface area contributed by atoms with Crippen molar-refractivity contribution in [2.75, 3.05) is 10.6 Å². The molecule has 2 aromatic carbocycles. The molecule has 0 bridgehead atoms. The summed E-state index contributed by atoms with van der Waals surface area (Å²) >= 11 is 12.0. The molecule has 0 saturated heterocycles. The average Bonchev–Trinajstić information content (AvgIpc) is 2.58. The van der Waals surface area contributed by atoms with Gasteiger partial charge in [0, 0.05) is 10.7 Å². The first-order chi connectivity index (χ1) is 11.6. The second-order valence-electron chi connectivity index (χ2n) is 5.09. The Bertz CT molecular complexity index is 837. The van der Waals surface area contributed by atoms with E-state index in [0.717, 1.165) is 12.1 Å². The molecular weight excluding hydrogens is 345 g/mol. The number of aryl methyl sites for hydroxylation is 1. The molecule has 0 aliphatic carbocycles. The molecule has 0 aliphatic rings.